The molecule has 5 heteroatoms. The number of hydrogen-bond acceptors (Lipinski definition) is 4. The summed E-state index contributed by atoms with van der Waals surface area (Å²) in [5, 5.41) is 9.48. The average molecular weight is 407 g/mol. The van der Waals surface area contributed by atoms with Crippen molar-refractivity contribution in [1.82, 2.24) is 9.78 Å². The van der Waals surface area contributed by atoms with Gasteiger partial charge in [0.15, 0.2) is 5.76 Å². The van der Waals surface area contributed by atoms with Crippen molar-refractivity contribution in [3.05, 3.63) is 96.1 Å². The first kappa shape index (κ1) is 17.8. The molecule has 1 N–H and O–H groups in total. The van der Waals surface area contributed by atoms with Crippen LogP contribution in [0.15, 0.2) is 89.3 Å². The Balaban J connectivity index is 1.30. The fourth-order valence-corrected chi connectivity index (χ4v) is 4.08. The number of nitrogens with one attached hydrogen (secondary N) is 1. The highest BCUT2D eigenvalue weighted by atomic mass is 16.5. The van der Waals surface area contributed by atoms with Gasteiger partial charge in [-0.3, -0.25) is 0 Å². The van der Waals surface area contributed by atoms with E-state index in [0.717, 1.165) is 58.2 Å². The number of rotatable bonds is 5. The molecule has 0 bridgehead atoms. The lowest BCUT2D eigenvalue weighted by Gasteiger charge is -2.09. The lowest BCUT2D eigenvalue weighted by molar-refractivity contribution is 0.306. The fourth-order valence-electron chi connectivity index (χ4n) is 4.08. The van der Waals surface area contributed by atoms with E-state index in [1.54, 1.807) is 0 Å². The van der Waals surface area contributed by atoms with E-state index in [0.29, 0.717) is 6.61 Å². The Labute approximate surface area is 179 Å². The SMILES string of the molecule is c1ccc(COc2ccc(-n3nc(-c4cc5ccccc5o4)c4c3NCC4)cc2)cc1. The first-order valence-corrected chi connectivity index (χ1v) is 10.5. The van der Waals surface area contributed by atoms with Gasteiger partial charge in [-0.25, -0.2) is 4.68 Å². The van der Waals surface area contributed by atoms with Gasteiger partial charge >= 0.3 is 0 Å². The molecule has 0 amide bonds. The second kappa shape index (κ2) is 7.36. The topological polar surface area (TPSA) is 52.2 Å². The monoisotopic (exact) mass is 407 g/mol. The van der Waals surface area contributed by atoms with Crippen molar-refractivity contribution in [3.63, 3.8) is 0 Å². The van der Waals surface area contributed by atoms with E-state index in [-0.39, 0.29) is 0 Å². The summed E-state index contributed by atoms with van der Waals surface area (Å²) in [6.45, 7) is 1.45. The predicted octanol–water partition coefficient (Wildman–Crippen LogP) is 5.83. The van der Waals surface area contributed by atoms with Crippen molar-refractivity contribution < 1.29 is 9.15 Å². The first-order chi connectivity index (χ1) is 15.3. The van der Waals surface area contributed by atoms with Crippen molar-refractivity contribution in [2.75, 3.05) is 11.9 Å². The zero-order valence-corrected chi connectivity index (χ0v) is 16.9. The Bertz CT molecular complexity index is 1320. The van der Waals surface area contributed by atoms with Crippen LogP contribution in [0.25, 0.3) is 28.1 Å². The molecule has 3 heterocycles. The number of para-hydroxylation sites is 1. The molecule has 152 valence electrons. The molecule has 0 atom stereocenters. The van der Waals surface area contributed by atoms with E-state index in [1.807, 2.05) is 65.3 Å². The molecular weight excluding hydrogens is 386 g/mol. The number of benzene rings is 3. The van der Waals surface area contributed by atoms with E-state index < -0.39 is 0 Å². The molecule has 31 heavy (non-hydrogen) atoms. The molecule has 0 fully saturated rings. The van der Waals surface area contributed by atoms with Crippen LogP contribution in [0.1, 0.15) is 11.1 Å². The standard InChI is InChI=1S/C26H21N3O2/c1-2-6-18(7-3-1)17-30-21-12-10-20(11-13-21)29-26-22(14-15-27-26)25(28-29)24-16-19-8-4-5-9-23(19)31-24/h1-13,16,27H,14-15,17H2. The Kier molecular flexibility index (Phi) is 4.24. The van der Waals surface area contributed by atoms with Crippen molar-refractivity contribution in [2.24, 2.45) is 0 Å². The maximum absolute atomic E-state index is 6.10. The van der Waals surface area contributed by atoms with Crippen LogP contribution in [0.4, 0.5) is 5.82 Å². The summed E-state index contributed by atoms with van der Waals surface area (Å²) in [5.74, 6) is 2.68. The Hall–Kier alpha value is -3.99. The number of aromatic nitrogens is 2. The summed E-state index contributed by atoms with van der Waals surface area (Å²) in [6.07, 6.45) is 0.931. The molecule has 1 aliphatic heterocycles. The van der Waals surface area contributed by atoms with Gasteiger partial charge in [-0.05, 0) is 48.4 Å². The van der Waals surface area contributed by atoms with E-state index in [2.05, 4.69) is 29.6 Å². The molecule has 2 aromatic heterocycles. The normalized spacial score (nSPS) is 12.6. The largest absolute Gasteiger partial charge is 0.489 e. The van der Waals surface area contributed by atoms with E-state index >= 15 is 0 Å². The van der Waals surface area contributed by atoms with Gasteiger partial charge in [-0.1, -0.05) is 48.5 Å². The zero-order chi connectivity index (χ0) is 20.6. The van der Waals surface area contributed by atoms with Gasteiger partial charge in [-0.15, -0.1) is 0 Å². The van der Waals surface area contributed by atoms with Crippen LogP contribution in [0.3, 0.4) is 0 Å². The maximum atomic E-state index is 6.10. The molecule has 5 nitrogen and oxygen atoms in total. The number of anilines is 1. The fraction of sp³-hybridized carbons (Fsp3) is 0.115. The third-order valence-electron chi connectivity index (χ3n) is 5.64. The molecular formula is C26H21N3O2. The molecule has 0 saturated heterocycles. The minimum Gasteiger partial charge on any atom is -0.489 e. The van der Waals surface area contributed by atoms with Crippen LogP contribution >= 0.6 is 0 Å². The molecule has 6 rings (SSSR count). The lowest BCUT2D eigenvalue weighted by Crippen LogP contribution is -2.04. The van der Waals surface area contributed by atoms with Gasteiger partial charge in [-0.2, -0.15) is 5.10 Å². The Morgan fingerprint density at radius 3 is 2.58 bits per heavy atom. The number of furan rings is 1. The molecule has 0 aliphatic carbocycles. The van der Waals surface area contributed by atoms with Crippen molar-refractivity contribution in [2.45, 2.75) is 13.0 Å². The predicted molar refractivity (Wildman–Crippen MR) is 122 cm³/mol. The molecule has 0 radical (unpaired) electrons. The van der Waals surface area contributed by atoms with Crippen LogP contribution in [-0.4, -0.2) is 16.3 Å². The Morgan fingerprint density at radius 2 is 1.74 bits per heavy atom. The lowest BCUT2D eigenvalue weighted by atomic mass is 10.1. The number of fused-ring (bicyclic) bond motifs is 2. The second-order valence-electron chi connectivity index (χ2n) is 7.68. The van der Waals surface area contributed by atoms with Crippen molar-refractivity contribution in [3.8, 4) is 22.9 Å². The van der Waals surface area contributed by atoms with Gasteiger partial charge in [0.1, 0.15) is 29.5 Å². The van der Waals surface area contributed by atoms with Crippen molar-refractivity contribution in [1.29, 1.82) is 0 Å². The Morgan fingerprint density at radius 1 is 0.935 bits per heavy atom. The van der Waals surface area contributed by atoms with Gasteiger partial charge in [0.2, 0.25) is 0 Å². The highest BCUT2D eigenvalue weighted by molar-refractivity contribution is 5.83. The van der Waals surface area contributed by atoms with Crippen LogP contribution in [-0.2, 0) is 13.0 Å². The molecule has 0 saturated carbocycles. The smallest absolute Gasteiger partial charge is 0.156 e. The van der Waals surface area contributed by atoms with E-state index in [1.165, 1.54) is 5.56 Å². The zero-order valence-electron chi connectivity index (χ0n) is 16.9. The molecule has 0 spiro atoms. The van der Waals surface area contributed by atoms with Crippen LogP contribution in [0.2, 0.25) is 0 Å². The summed E-state index contributed by atoms with van der Waals surface area (Å²) in [6, 6.07) is 28.4. The van der Waals surface area contributed by atoms with Gasteiger partial charge in [0, 0.05) is 17.5 Å². The van der Waals surface area contributed by atoms with Gasteiger partial charge in [0.05, 0.1) is 5.69 Å². The van der Waals surface area contributed by atoms with Crippen LogP contribution < -0.4 is 10.1 Å². The third-order valence-corrected chi connectivity index (χ3v) is 5.64. The molecule has 3 aromatic carbocycles. The van der Waals surface area contributed by atoms with Crippen LogP contribution in [0.5, 0.6) is 5.75 Å². The number of ether oxygens (including phenoxy) is 1. The maximum Gasteiger partial charge on any atom is 0.156 e. The molecule has 1 aliphatic rings. The third kappa shape index (κ3) is 3.24. The summed E-state index contributed by atoms with van der Waals surface area (Å²) in [5.41, 5.74) is 5.12. The average Bonchev–Trinajstić information content (AvgIpc) is 3.53. The highest BCUT2D eigenvalue weighted by Gasteiger charge is 2.25. The minimum atomic E-state index is 0.551. The van der Waals surface area contributed by atoms with E-state index in [9.17, 15) is 0 Å². The minimum absolute atomic E-state index is 0.551. The second-order valence-corrected chi connectivity index (χ2v) is 7.68. The van der Waals surface area contributed by atoms with E-state index in [4.69, 9.17) is 14.3 Å². The summed E-state index contributed by atoms with van der Waals surface area (Å²) in [7, 11) is 0. The molecule has 5 aromatic rings. The quantitative estimate of drug-likeness (QED) is 0.398. The summed E-state index contributed by atoms with van der Waals surface area (Å²) in [4.78, 5) is 0. The highest BCUT2D eigenvalue weighted by Crippen LogP contribution is 2.37. The van der Waals surface area contributed by atoms with Gasteiger partial charge < -0.3 is 14.5 Å². The number of nitrogens with zero attached hydrogens (tertiary/aromatic N) is 2. The molecule has 0 unspecified atom stereocenters. The summed E-state index contributed by atoms with van der Waals surface area (Å²) < 4.78 is 14.0. The number of hydrogen-bond donors (Lipinski definition) is 1. The summed E-state index contributed by atoms with van der Waals surface area (Å²) >= 11 is 0. The van der Waals surface area contributed by atoms with Gasteiger partial charge in [0.25, 0.3) is 0 Å². The van der Waals surface area contributed by atoms with Crippen molar-refractivity contribution >= 4 is 16.8 Å². The van der Waals surface area contributed by atoms with Crippen LogP contribution in [0, 0.1) is 0 Å². The first-order valence-electron chi connectivity index (χ1n) is 10.5.